The molecule has 1 aromatic heterocycles. The van der Waals surface area contributed by atoms with Gasteiger partial charge in [-0.3, -0.25) is 14.5 Å². The van der Waals surface area contributed by atoms with Crippen molar-refractivity contribution in [1.29, 1.82) is 0 Å². The third-order valence-corrected chi connectivity index (χ3v) is 7.27. The lowest BCUT2D eigenvalue weighted by atomic mass is 9.98. The van der Waals surface area contributed by atoms with Crippen LogP contribution in [0.3, 0.4) is 0 Å². The number of nitrogens with one attached hydrogen (secondary N) is 2. The second-order valence-corrected chi connectivity index (χ2v) is 10.1. The monoisotopic (exact) mass is 574 g/mol. The van der Waals surface area contributed by atoms with Crippen molar-refractivity contribution in [1.82, 2.24) is 20.0 Å². The first kappa shape index (κ1) is 28.7. The quantitative estimate of drug-likeness (QED) is 0.436. The molecule has 2 N–H and O–H groups in total. The minimum Gasteiger partial charge on any atom is -0.379 e. The molecule has 0 atom stereocenters. The van der Waals surface area contributed by atoms with Crippen LogP contribution >= 0.6 is 0 Å². The number of alkyl halides is 3. The van der Waals surface area contributed by atoms with E-state index in [9.17, 15) is 27.2 Å². The van der Waals surface area contributed by atoms with Gasteiger partial charge in [0.1, 0.15) is 5.82 Å². The molecule has 2 saturated heterocycles. The van der Waals surface area contributed by atoms with Gasteiger partial charge in [0.25, 0.3) is 11.5 Å². The zero-order valence-corrected chi connectivity index (χ0v) is 22.4. The van der Waals surface area contributed by atoms with Gasteiger partial charge >= 0.3 is 6.18 Å². The van der Waals surface area contributed by atoms with Gasteiger partial charge in [-0.1, -0.05) is 18.2 Å². The van der Waals surface area contributed by atoms with E-state index in [2.05, 4.69) is 25.1 Å². The first-order valence-electron chi connectivity index (χ1n) is 13.2. The second-order valence-electron chi connectivity index (χ2n) is 10.1. The molecule has 9 nitrogen and oxygen atoms in total. The van der Waals surface area contributed by atoms with Gasteiger partial charge in [-0.2, -0.15) is 18.3 Å². The van der Waals surface area contributed by atoms with Crippen molar-refractivity contribution in [2.75, 3.05) is 69.7 Å². The number of aromatic amines is 1. The average Bonchev–Trinajstić information content (AvgIpc) is 2.94. The number of hydrogen-bond acceptors (Lipinski definition) is 7. The molecular formula is C28H30F4N6O3. The molecular weight excluding hydrogens is 544 g/mol. The Morgan fingerprint density at radius 1 is 1.05 bits per heavy atom. The Balaban J connectivity index is 1.64. The summed E-state index contributed by atoms with van der Waals surface area (Å²) in [7, 11) is 2.00. The standard InChI is InChI=1S/C28H30F4N6O3/c1-36-6-8-38(9-7-36)26-19(17-37-10-12-41-13-11-37)14-18(20-4-2-3-5-22(20)29)15-23(26)33-27(40)25-21(28(30,31)32)16-24(39)34-35-25/h2-5,14-16H,6-13,17H2,1H3,(H,33,40)(H,34,39). The van der Waals surface area contributed by atoms with Crippen LogP contribution in [0.4, 0.5) is 28.9 Å². The molecule has 5 rings (SSSR count). The molecule has 218 valence electrons. The van der Waals surface area contributed by atoms with E-state index < -0.39 is 34.7 Å². The van der Waals surface area contributed by atoms with Gasteiger partial charge in [0.05, 0.1) is 30.2 Å². The molecule has 41 heavy (non-hydrogen) atoms. The molecule has 0 bridgehead atoms. The molecule has 13 heteroatoms. The van der Waals surface area contributed by atoms with Gasteiger partial charge in [0, 0.05) is 57.4 Å². The number of rotatable bonds is 6. The van der Waals surface area contributed by atoms with E-state index in [-0.39, 0.29) is 11.3 Å². The van der Waals surface area contributed by atoms with E-state index >= 15 is 0 Å². The average molecular weight is 575 g/mol. The van der Waals surface area contributed by atoms with Gasteiger partial charge in [0.2, 0.25) is 0 Å². The predicted octanol–water partition coefficient (Wildman–Crippen LogP) is 3.43. The lowest BCUT2D eigenvalue weighted by molar-refractivity contribution is -0.138. The normalized spacial score (nSPS) is 17.0. The molecule has 2 aromatic carbocycles. The molecule has 2 aliphatic rings. The highest BCUT2D eigenvalue weighted by atomic mass is 19.4. The Morgan fingerprint density at radius 2 is 1.76 bits per heavy atom. The lowest BCUT2D eigenvalue weighted by Gasteiger charge is -2.37. The van der Waals surface area contributed by atoms with Crippen LogP contribution in [0.2, 0.25) is 0 Å². The smallest absolute Gasteiger partial charge is 0.379 e. The Bertz CT molecular complexity index is 1460. The van der Waals surface area contributed by atoms with E-state index in [1.165, 1.54) is 6.07 Å². The molecule has 0 spiro atoms. The van der Waals surface area contributed by atoms with Gasteiger partial charge in [-0.05, 0) is 36.4 Å². The summed E-state index contributed by atoms with van der Waals surface area (Å²) >= 11 is 0. The number of hydrogen-bond donors (Lipinski definition) is 2. The first-order valence-corrected chi connectivity index (χ1v) is 13.2. The molecule has 3 heterocycles. The van der Waals surface area contributed by atoms with Crippen LogP contribution in [-0.4, -0.2) is 85.4 Å². The molecule has 0 aliphatic carbocycles. The highest BCUT2D eigenvalue weighted by Gasteiger charge is 2.37. The maximum atomic E-state index is 14.9. The van der Waals surface area contributed by atoms with Crippen LogP contribution < -0.4 is 15.8 Å². The Hall–Kier alpha value is -3.81. The maximum Gasteiger partial charge on any atom is 0.418 e. The largest absolute Gasteiger partial charge is 0.418 e. The molecule has 3 aromatic rings. The summed E-state index contributed by atoms with van der Waals surface area (Å²) in [5, 5.41) is 7.98. The van der Waals surface area contributed by atoms with Gasteiger partial charge in [0.15, 0.2) is 5.69 Å². The topological polar surface area (TPSA) is 93.8 Å². The number of H-pyrrole nitrogens is 1. The van der Waals surface area contributed by atoms with E-state index in [1.54, 1.807) is 24.3 Å². The summed E-state index contributed by atoms with van der Waals surface area (Å²) in [6.07, 6.45) is -4.98. The number of morpholine rings is 1. The summed E-state index contributed by atoms with van der Waals surface area (Å²) in [6, 6.07) is 9.94. The molecule has 0 saturated carbocycles. The second kappa shape index (κ2) is 12.0. The number of carbonyl (C=O) groups is 1. The zero-order valence-electron chi connectivity index (χ0n) is 22.4. The van der Waals surface area contributed by atoms with Gasteiger partial charge in [-0.25, -0.2) is 9.49 Å². The summed E-state index contributed by atoms with van der Waals surface area (Å²) in [4.78, 5) is 31.4. The maximum absolute atomic E-state index is 14.9. The van der Waals surface area contributed by atoms with Crippen molar-refractivity contribution >= 4 is 17.3 Å². The molecule has 2 fully saturated rings. The fourth-order valence-corrected chi connectivity index (χ4v) is 5.14. The lowest BCUT2D eigenvalue weighted by Crippen LogP contribution is -2.45. The van der Waals surface area contributed by atoms with Crippen molar-refractivity contribution in [3.63, 3.8) is 0 Å². The number of halogens is 4. The number of nitrogens with zero attached hydrogens (tertiary/aromatic N) is 4. The summed E-state index contributed by atoms with van der Waals surface area (Å²) in [5.74, 6) is -1.62. The number of ether oxygens (including phenoxy) is 1. The Kier molecular flexibility index (Phi) is 8.38. The Labute approximate surface area is 233 Å². The van der Waals surface area contributed by atoms with E-state index in [0.717, 1.165) is 18.7 Å². The van der Waals surface area contributed by atoms with Crippen LogP contribution in [0.15, 0.2) is 47.3 Å². The third-order valence-electron chi connectivity index (χ3n) is 7.27. The number of amides is 1. The molecule has 1 amide bonds. The van der Waals surface area contributed by atoms with Gasteiger partial charge < -0.3 is 19.9 Å². The number of benzene rings is 2. The number of piperazine rings is 1. The number of aromatic nitrogens is 2. The summed E-state index contributed by atoms with van der Waals surface area (Å²) in [5.41, 5.74) is -1.08. The van der Waals surface area contributed by atoms with E-state index in [0.29, 0.717) is 63.3 Å². The summed E-state index contributed by atoms with van der Waals surface area (Å²) in [6.45, 7) is 5.60. The molecule has 0 radical (unpaired) electrons. The van der Waals surface area contributed by atoms with E-state index in [1.807, 2.05) is 18.2 Å². The highest BCUT2D eigenvalue weighted by Crippen LogP contribution is 2.39. The summed E-state index contributed by atoms with van der Waals surface area (Å²) < 4.78 is 61.7. The van der Waals surface area contributed by atoms with Crippen LogP contribution in [0.25, 0.3) is 11.1 Å². The highest BCUT2D eigenvalue weighted by molar-refractivity contribution is 6.06. The van der Waals surface area contributed by atoms with Crippen LogP contribution in [-0.2, 0) is 17.5 Å². The minimum absolute atomic E-state index is 0.227. The number of anilines is 2. The van der Waals surface area contributed by atoms with Gasteiger partial charge in [-0.15, -0.1) is 0 Å². The van der Waals surface area contributed by atoms with Crippen molar-refractivity contribution in [2.24, 2.45) is 0 Å². The van der Waals surface area contributed by atoms with Crippen molar-refractivity contribution in [3.8, 4) is 11.1 Å². The number of carbonyl (C=O) groups excluding carboxylic acids is 1. The predicted molar refractivity (Wildman–Crippen MR) is 145 cm³/mol. The third kappa shape index (κ3) is 6.58. The van der Waals surface area contributed by atoms with Crippen LogP contribution in [0.1, 0.15) is 21.6 Å². The zero-order chi connectivity index (χ0) is 29.1. The first-order chi connectivity index (χ1) is 19.6. The Morgan fingerprint density at radius 3 is 2.44 bits per heavy atom. The SMILES string of the molecule is CN1CCN(c2c(CN3CCOCC3)cc(-c3ccccc3F)cc2NC(=O)c2n[nH]c(=O)cc2C(F)(F)F)CC1. The minimum atomic E-state index is -4.98. The fraction of sp³-hybridized carbons (Fsp3) is 0.393. The van der Waals surface area contributed by atoms with Crippen molar-refractivity contribution in [3.05, 3.63) is 75.5 Å². The van der Waals surface area contributed by atoms with Crippen LogP contribution in [0.5, 0.6) is 0 Å². The van der Waals surface area contributed by atoms with E-state index in [4.69, 9.17) is 4.74 Å². The van der Waals surface area contributed by atoms with Crippen molar-refractivity contribution < 1.29 is 27.1 Å². The fourth-order valence-electron chi connectivity index (χ4n) is 5.14. The van der Waals surface area contributed by atoms with Crippen LogP contribution in [0, 0.1) is 5.82 Å². The molecule has 2 aliphatic heterocycles. The number of likely N-dealkylation sites (N-methyl/N-ethyl adjacent to an activating group) is 1. The molecule has 0 unspecified atom stereocenters. The van der Waals surface area contributed by atoms with Crippen molar-refractivity contribution in [2.45, 2.75) is 12.7 Å².